The number of hydrogen-bond donors (Lipinski definition) is 1. The second kappa shape index (κ2) is 6.79. The van der Waals surface area contributed by atoms with Crippen LogP contribution in [0.1, 0.15) is 50.7 Å². The summed E-state index contributed by atoms with van der Waals surface area (Å²) in [5.41, 5.74) is 0.780. The van der Waals surface area contributed by atoms with Crippen molar-refractivity contribution in [1.29, 1.82) is 0 Å². The fourth-order valence-corrected chi connectivity index (χ4v) is 2.54. The van der Waals surface area contributed by atoms with Crippen LogP contribution in [-0.2, 0) is 0 Å². The fraction of sp³-hybridized carbons (Fsp3) is 0.333. The van der Waals surface area contributed by atoms with Gasteiger partial charge < -0.3 is 5.32 Å². The number of hydrogen-bond acceptors (Lipinski definition) is 1. The van der Waals surface area contributed by atoms with Crippen LogP contribution >= 0.6 is 0 Å². The Bertz CT molecular complexity index is 713. The van der Waals surface area contributed by atoms with E-state index in [1.807, 2.05) is 27.7 Å². The lowest BCUT2D eigenvalue weighted by Crippen LogP contribution is -2.10. The van der Waals surface area contributed by atoms with Crippen LogP contribution in [0.4, 0.5) is 33.3 Å². The van der Waals surface area contributed by atoms with E-state index in [1.165, 1.54) is 0 Å². The smallest absolute Gasteiger partial charge is 0.200 e. The monoisotopic (exact) mass is 343 g/mol. The van der Waals surface area contributed by atoms with Gasteiger partial charge in [-0.15, -0.1) is 0 Å². The van der Waals surface area contributed by atoms with Gasteiger partial charge in [-0.05, 0) is 23.0 Å². The molecule has 0 aliphatic heterocycles. The lowest BCUT2D eigenvalue weighted by atomic mass is 9.92. The standard InChI is InChI=1S/C18H18F5N/c1-8(2)10-6-5-7-11(9(3)4)17(10)24-18-15(22)13(20)12(19)14(21)16(18)23/h5-9,24H,1-4H3. The van der Waals surface area contributed by atoms with Crippen LogP contribution in [0.3, 0.4) is 0 Å². The Labute approximate surface area is 137 Å². The molecule has 2 rings (SSSR count). The number of para-hydroxylation sites is 1. The molecule has 130 valence electrons. The van der Waals surface area contributed by atoms with E-state index in [2.05, 4.69) is 5.32 Å². The number of rotatable bonds is 4. The van der Waals surface area contributed by atoms with Crippen LogP contribution < -0.4 is 5.32 Å². The van der Waals surface area contributed by atoms with Gasteiger partial charge in [0.25, 0.3) is 0 Å². The molecule has 0 fully saturated rings. The highest BCUT2D eigenvalue weighted by molar-refractivity contribution is 5.69. The van der Waals surface area contributed by atoms with Crippen LogP contribution in [0, 0.1) is 29.1 Å². The molecule has 24 heavy (non-hydrogen) atoms. The molecule has 6 heteroatoms. The second-order valence-electron chi connectivity index (χ2n) is 6.19. The fourth-order valence-electron chi connectivity index (χ4n) is 2.54. The van der Waals surface area contributed by atoms with Crippen LogP contribution in [0.5, 0.6) is 0 Å². The minimum absolute atomic E-state index is 0.00698. The quantitative estimate of drug-likeness (QED) is 0.386. The first kappa shape index (κ1) is 18.2. The Hall–Kier alpha value is -2.11. The van der Waals surface area contributed by atoms with Gasteiger partial charge in [-0.2, -0.15) is 0 Å². The molecule has 2 aromatic carbocycles. The Morgan fingerprint density at radius 3 is 1.38 bits per heavy atom. The maximum Gasteiger partial charge on any atom is 0.200 e. The van der Waals surface area contributed by atoms with Crippen molar-refractivity contribution < 1.29 is 22.0 Å². The van der Waals surface area contributed by atoms with Gasteiger partial charge in [-0.1, -0.05) is 45.9 Å². The maximum absolute atomic E-state index is 14.0. The second-order valence-corrected chi connectivity index (χ2v) is 6.19. The van der Waals surface area contributed by atoms with Gasteiger partial charge in [0.2, 0.25) is 5.82 Å². The van der Waals surface area contributed by atoms with Crippen molar-refractivity contribution in [2.24, 2.45) is 0 Å². The molecule has 0 aliphatic carbocycles. The molecule has 2 aromatic rings. The van der Waals surface area contributed by atoms with Crippen LogP contribution in [0.25, 0.3) is 0 Å². The number of anilines is 2. The lowest BCUT2D eigenvalue weighted by Gasteiger charge is -2.21. The summed E-state index contributed by atoms with van der Waals surface area (Å²) in [6.07, 6.45) is 0. The van der Waals surface area contributed by atoms with Crippen LogP contribution in [0.2, 0.25) is 0 Å². The molecule has 1 N–H and O–H groups in total. The van der Waals surface area contributed by atoms with Crippen molar-refractivity contribution in [3.05, 3.63) is 58.4 Å². The Morgan fingerprint density at radius 1 is 0.625 bits per heavy atom. The summed E-state index contributed by atoms with van der Waals surface area (Å²) in [5.74, 6) is -9.87. The molecule has 0 bridgehead atoms. The van der Waals surface area contributed by atoms with E-state index >= 15 is 0 Å². The molecule has 0 heterocycles. The van der Waals surface area contributed by atoms with E-state index in [0.717, 1.165) is 11.1 Å². The first-order valence-electron chi connectivity index (χ1n) is 7.58. The van der Waals surface area contributed by atoms with E-state index in [9.17, 15) is 22.0 Å². The van der Waals surface area contributed by atoms with Gasteiger partial charge in [0.1, 0.15) is 5.69 Å². The molecule has 0 saturated carbocycles. The van der Waals surface area contributed by atoms with Crippen molar-refractivity contribution in [2.75, 3.05) is 5.32 Å². The number of benzene rings is 2. The molecule has 1 nitrogen and oxygen atoms in total. The van der Waals surface area contributed by atoms with Crippen molar-refractivity contribution in [2.45, 2.75) is 39.5 Å². The molecule has 0 saturated heterocycles. The molecular formula is C18H18F5N. The van der Waals surface area contributed by atoms with E-state index in [1.54, 1.807) is 18.2 Å². The van der Waals surface area contributed by atoms with Crippen molar-refractivity contribution in [3.8, 4) is 0 Å². The Balaban J connectivity index is 2.69. The third-order valence-corrected chi connectivity index (χ3v) is 3.83. The van der Waals surface area contributed by atoms with Gasteiger partial charge in [-0.25, -0.2) is 22.0 Å². The molecule has 0 aliphatic rings. The van der Waals surface area contributed by atoms with Crippen LogP contribution in [0.15, 0.2) is 18.2 Å². The first-order valence-corrected chi connectivity index (χ1v) is 7.58. The van der Waals surface area contributed by atoms with E-state index < -0.39 is 34.8 Å². The molecule has 0 amide bonds. The van der Waals surface area contributed by atoms with Gasteiger partial charge >= 0.3 is 0 Å². The van der Waals surface area contributed by atoms with Gasteiger partial charge in [0, 0.05) is 5.69 Å². The molecule has 0 aromatic heterocycles. The highest BCUT2D eigenvalue weighted by Crippen LogP contribution is 2.37. The Kier molecular flexibility index (Phi) is 5.16. The zero-order valence-electron chi connectivity index (χ0n) is 13.8. The number of halogens is 5. The normalized spacial score (nSPS) is 11.5. The summed E-state index contributed by atoms with van der Waals surface area (Å²) < 4.78 is 68.0. The average molecular weight is 343 g/mol. The summed E-state index contributed by atoms with van der Waals surface area (Å²) >= 11 is 0. The summed E-state index contributed by atoms with van der Waals surface area (Å²) in [6.45, 7) is 7.51. The SMILES string of the molecule is CC(C)c1cccc(C(C)C)c1Nc1c(F)c(F)c(F)c(F)c1F. The predicted octanol–water partition coefficient (Wildman–Crippen LogP) is 6.37. The van der Waals surface area contributed by atoms with E-state index in [4.69, 9.17) is 0 Å². The summed E-state index contributed by atoms with van der Waals surface area (Å²) in [6, 6.07) is 5.31. The van der Waals surface area contributed by atoms with E-state index in [-0.39, 0.29) is 11.8 Å². The molecule has 0 spiro atoms. The van der Waals surface area contributed by atoms with Crippen molar-refractivity contribution >= 4 is 11.4 Å². The van der Waals surface area contributed by atoms with Crippen molar-refractivity contribution in [1.82, 2.24) is 0 Å². The van der Waals surface area contributed by atoms with E-state index in [0.29, 0.717) is 5.69 Å². The molecule has 0 radical (unpaired) electrons. The minimum atomic E-state index is -2.17. The highest BCUT2D eigenvalue weighted by Gasteiger charge is 2.27. The predicted molar refractivity (Wildman–Crippen MR) is 84.1 cm³/mol. The topological polar surface area (TPSA) is 12.0 Å². The maximum atomic E-state index is 14.0. The molecule has 0 atom stereocenters. The number of nitrogens with one attached hydrogen (secondary N) is 1. The van der Waals surface area contributed by atoms with Gasteiger partial charge in [-0.3, -0.25) is 0 Å². The van der Waals surface area contributed by atoms with Crippen LogP contribution in [-0.4, -0.2) is 0 Å². The third-order valence-electron chi connectivity index (χ3n) is 3.83. The largest absolute Gasteiger partial charge is 0.350 e. The van der Waals surface area contributed by atoms with Gasteiger partial charge in [0.15, 0.2) is 23.3 Å². The zero-order chi connectivity index (χ0) is 18.2. The van der Waals surface area contributed by atoms with Crippen molar-refractivity contribution in [3.63, 3.8) is 0 Å². The third kappa shape index (κ3) is 3.09. The average Bonchev–Trinajstić information content (AvgIpc) is 2.54. The summed E-state index contributed by atoms with van der Waals surface area (Å²) in [5, 5.41) is 2.45. The molecular weight excluding hydrogens is 325 g/mol. The summed E-state index contributed by atoms with van der Waals surface area (Å²) in [7, 11) is 0. The lowest BCUT2D eigenvalue weighted by molar-refractivity contribution is 0.382. The minimum Gasteiger partial charge on any atom is -0.350 e. The first-order chi connectivity index (χ1) is 11.2. The van der Waals surface area contributed by atoms with Gasteiger partial charge in [0.05, 0.1) is 0 Å². The zero-order valence-corrected chi connectivity index (χ0v) is 13.8. The summed E-state index contributed by atoms with van der Waals surface area (Å²) in [4.78, 5) is 0. The highest BCUT2D eigenvalue weighted by atomic mass is 19.2. The molecule has 0 unspecified atom stereocenters. The Morgan fingerprint density at radius 2 is 1.00 bits per heavy atom.